The molecule has 0 aromatic carbocycles. The van der Waals surface area contributed by atoms with Crippen LogP contribution < -0.4 is 0 Å². The number of aliphatic carboxylic acids is 1. The van der Waals surface area contributed by atoms with Gasteiger partial charge in [-0.2, -0.15) is 0 Å². The Morgan fingerprint density at radius 1 is 1.45 bits per heavy atom. The molecular weight excluding hydrogens is 288 g/mol. The minimum Gasteiger partial charge on any atom is -0.480 e. The zero-order chi connectivity index (χ0) is 15.5. The second kappa shape index (κ2) is 6.40. The SMILES string of the molecule is COC1CC(C(=O)O)N(C(=O)N(C)CCS(C)(=O)=O)C1. The number of sulfone groups is 1. The molecule has 1 aliphatic rings. The fourth-order valence-corrected chi connectivity index (χ4v) is 2.64. The summed E-state index contributed by atoms with van der Waals surface area (Å²) >= 11 is 0. The van der Waals surface area contributed by atoms with Crippen LogP contribution >= 0.6 is 0 Å². The lowest BCUT2D eigenvalue weighted by molar-refractivity contribution is -0.141. The minimum absolute atomic E-state index is 0.0259. The van der Waals surface area contributed by atoms with Gasteiger partial charge in [0.1, 0.15) is 15.9 Å². The third kappa shape index (κ3) is 4.34. The highest BCUT2D eigenvalue weighted by atomic mass is 32.2. The number of carboxylic acid groups (broad SMARTS) is 1. The van der Waals surface area contributed by atoms with Gasteiger partial charge in [0.15, 0.2) is 0 Å². The summed E-state index contributed by atoms with van der Waals surface area (Å²) in [5.74, 6) is -1.25. The van der Waals surface area contributed by atoms with Crippen molar-refractivity contribution in [3.63, 3.8) is 0 Å². The van der Waals surface area contributed by atoms with Crippen molar-refractivity contribution in [2.24, 2.45) is 0 Å². The first-order valence-electron chi connectivity index (χ1n) is 6.10. The average Bonchev–Trinajstić information content (AvgIpc) is 2.78. The molecule has 1 saturated heterocycles. The Balaban J connectivity index is 2.71. The number of carbonyl (C=O) groups excluding carboxylic acids is 1. The molecule has 2 unspecified atom stereocenters. The van der Waals surface area contributed by atoms with E-state index in [-0.39, 0.29) is 31.4 Å². The first-order chi connectivity index (χ1) is 9.15. The molecule has 0 saturated carbocycles. The molecule has 0 spiro atoms. The zero-order valence-corrected chi connectivity index (χ0v) is 12.6. The third-order valence-corrected chi connectivity index (χ3v) is 4.17. The van der Waals surface area contributed by atoms with E-state index in [1.807, 2.05) is 0 Å². The summed E-state index contributed by atoms with van der Waals surface area (Å²) in [7, 11) is -0.261. The van der Waals surface area contributed by atoms with E-state index in [4.69, 9.17) is 9.84 Å². The molecule has 8 nitrogen and oxygen atoms in total. The van der Waals surface area contributed by atoms with E-state index in [9.17, 15) is 18.0 Å². The average molecular weight is 308 g/mol. The summed E-state index contributed by atoms with van der Waals surface area (Å²) in [6.45, 7) is 0.216. The van der Waals surface area contributed by atoms with Crippen molar-refractivity contribution in [3.05, 3.63) is 0 Å². The largest absolute Gasteiger partial charge is 0.480 e. The van der Waals surface area contributed by atoms with Gasteiger partial charge in [-0.15, -0.1) is 0 Å². The van der Waals surface area contributed by atoms with Gasteiger partial charge in [-0.1, -0.05) is 0 Å². The maximum Gasteiger partial charge on any atom is 0.326 e. The van der Waals surface area contributed by atoms with Crippen molar-refractivity contribution in [3.8, 4) is 0 Å². The summed E-state index contributed by atoms with van der Waals surface area (Å²) in [6.07, 6.45) is 1.00. The van der Waals surface area contributed by atoms with Gasteiger partial charge in [-0.3, -0.25) is 0 Å². The Labute approximate surface area is 118 Å². The third-order valence-electron chi connectivity index (χ3n) is 3.25. The van der Waals surface area contributed by atoms with E-state index in [1.165, 1.54) is 24.0 Å². The topological polar surface area (TPSA) is 104 Å². The van der Waals surface area contributed by atoms with Crippen molar-refractivity contribution in [1.29, 1.82) is 0 Å². The smallest absolute Gasteiger partial charge is 0.326 e. The summed E-state index contributed by atoms with van der Waals surface area (Å²) in [4.78, 5) is 25.8. The number of hydrogen-bond donors (Lipinski definition) is 1. The Kier molecular flexibility index (Phi) is 5.35. The molecule has 0 bridgehead atoms. The highest BCUT2D eigenvalue weighted by molar-refractivity contribution is 7.90. The molecule has 0 radical (unpaired) electrons. The first-order valence-corrected chi connectivity index (χ1v) is 8.17. The molecule has 1 heterocycles. The first kappa shape index (κ1) is 16.7. The van der Waals surface area contributed by atoms with E-state index in [2.05, 4.69) is 0 Å². The molecule has 1 rings (SSSR count). The fraction of sp³-hybridized carbons (Fsp3) is 0.818. The molecule has 1 fully saturated rings. The summed E-state index contributed by atoms with van der Waals surface area (Å²) < 4.78 is 27.3. The molecule has 0 aromatic heterocycles. The van der Waals surface area contributed by atoms with Crippen molar-refractivity contribution >= 4 is 21.8 Å². The lowest BCUT2D eigenvalue weighted by Crippen LogP contribution is -2.47. The predicted octanol–water partition coefficient (Wildman–Crippen LogP) is -0.743. The van der Waals surface area contributed by atoms with Crippen LogP contribution in [0.1, 0.15) is 6.42 Å². The number of hydrogen-bond acceptors (Lipinski definition) is 5. The molecular formula is C11H20N2O6S. The Bertz CT molecular complexity index is 477. The Morgan fingerprint density at radius 2 is 2.05 bits per heavy atom. The number of ether oxygens (including phenoxy) is 1. The number of likely N-dealkylation sites (tertiary alicyclic amines) is 1. The molecule has 1 aliphatic heterocycles. The van der Waals surface area contributed by atoms with Crippen LogP contribution in [0.25, 0.3) is 0 Å². The van der Waals surface area contributed by atoms with Gasteiger partial charge < -0.3 is 19.6 Å². The molecule has 0 aliphatic carbocycles. The molecule has 1 N–H and O–H groups in total. The van der Waals surface area contributed by atoms with Gasteiger partial charge in [-0.25, -0.2) is 18.0 Å². The number of rotatable bonds is 5. The number of methoxy groups -OCH3 is 1. The van der Waals surface area contributed by atoms with Crippen LogP contribution in [0, 0.1) is 0 Å². The van der Waals surface area contributed by atoms with E-state index in [0.29, 0.717) is 0 Å². The quantitative estimate of drug-likeness (QED) is 0.717. The van der Waals surface area contributed by atoms with Gasteiger partial charge in [0.05, 0.1) is 11.9 Å². The molecule has 9 heteroatoms. The van der Waals surface area contributed by atoms with Crippen LogP contribution in [-0.2, 0) is 19.4 Å². The second-order valence-electron chi connectivity index (χ2n) is 4.93. The van der Waals surface area contributed by atoms with Gasteiger partial charge in [0.2, 0.25) is 0 Å². The highest BCUT2D eigenvalue weighted by Crippen LogP contribution is 2.21. The van der Waals surface area contributed by atoms with Crippen molar-refractivity contribution in [2.75, 3.05) is 39.3 Å². The van der Waals surface area contributed by atoms with Crippen LogP contribution in [-0.4, -0.2) is 86.7 Å². The summed E-state index contributed by atoms with van der Waals surface area (Å²) in [5, 5.41) is 9.12. The maximum atomic E-state index is 12.2. The van der Waals surface area contributed by atoms with E-state index >= 15 is 0 Å². The number of nitrogens with zero attached hydrogens (tertiary/aromatic N) is 2. The summed E-state index contributed by atoms with van der Waals surface area (Å²) in [5.41, 5.74) is 0. The molecule has 116 valence electrons. The van der Waals surface area contributed by atoms with Gasteiger partial charge in [0.25, 0.3) is 0 Å². The number of urea groups is 1. The lowest BCUT2D eigenvalue weighted by atomic mass is 10.2. The standard InChI is InChI=1S/C11H20N2O6S/c1-12(4-5-20(3,17)18)11(16)13-7-8(19-2)6-9(13)10(14)15/h8-9H,4-7H2,1-3H3,(H,14,15). The van der Waals surface area contributed by atoms with Crippen molar-refractivity contribution < 1.29 is 27.9 Å². The van der Waals surface area contributed by atoms with E-state index in [0.717, 1.165) is 6.26 Å². The predicted molar refractivity (Wildman–Crippen MR) is 71.3 cm³/mol. The highest BCUT2D eigenvalue weighted by Gasteiger charge is 2.40. The Hall–Kier alpha value is -1.35. The van der Waals surface area contributed by atoms with Crippen LogP contribution in [0.5, 0.6) is 0 Å². The summed E-state index contributed by atoms with van der Waals surface area (Å²) in [6, 6.07) is -1.44. The Morgan fingerprint density at radius 3 is 2.50 bits per heavy atom. The normalized spacial score (nSPS) is 22.9. The molecule has 2 amide bonds. The second-order valence-corrected chi connectivity index (χ2v) is 7.19. The van der Waals surface area contributed by atoms with E-state index in [1.54, 1.807) is 0 Å². The van der Waals surface area contributed by atoms with E-state index < -0.39 is 27.9 Å². The van der Waals surface area contributed by atoms with Gasteiger partial charge >= 0.3 is 12.0 Å². The van der Waals surface area contributed by atoms with Gasteiger partial charge in [0, 0.05) is 39.9 Å². The lowest BCUT2D eigenvalue weighted by Gasteiger charge is -2.27. The molecule has 0 aromatic rings. The van der Waals surface area contributed by atoms with Gasteiger partial charge in [-0.05, 0) is 0 Å². The van der Waals surface area contributed by atoms with Crippen LogP contribution in [0.15, 0.2) is 0 Å². The van der Waals surface area contributed by atoms with Crippen molar-refractivity contribution in [2.45, 2.75) is 18.6 Å². The minimum atomic E-state index is -3.17. The van der Waals surface area contributed by atoms with Crippen molar-refractivity contribution in [1.82, 2.24) is 9.80 Å². The van der Waals surface area contributed by atoms with Crippen LogP contribution in [0.4, 0.5) is 4.79 Å². The fourth-order valence-electron chi connectivity index (χ4n) is 2.03. The van der Waals surface area contributed by atoms with Crippen LogP contribution in [0.3, 0.4) is 0 Å². The maximum absolute atomic E-state index is 12.2. The number of carboxylic acids is 1. The van der Waals surface area contributed by atoms with Crippen LogP contribution in [0.2, 0.25) is 0 Å². The molecule has 2 atom stereocenters. The number of amides is 2. The molecule has 20 heavy (non-hydrogen) atoms. The zero-order valence-electron chi connectivity index (χ0n) is 11.8. The number of carbonyl (C=O) groups is 2. The monoisotopic (exact) mass is 308 g/mol.